The fraction of sp³-hybridized carbons (Fsp3) is 0. The third-order valence-electron chi connectivity index (χ3n) is 18.1. The van der Waals surface area contributed by atoms with Crippen molar-refractivity contribution < 1.29 is 52.0 Å². The van der Waals surface area contributed by atoms with Gasteiger partial charge in [-0.3, -0.25) is 0 Å². The number of nitrogens with zero attached hydrogens (tertiary/aromatic N) is 6. The van der Waals surface area contributed by atoms with E-state index in [9.17, 15) is 4.79 Å². The van der Waals surface area contributed by atoms with Crippen LogP contribution in [0.25, 0.3) is 90.2 Å². The van der Waals surface area contributed by atoms with Gasteiger partial charge in [0.05, 0.1) is 51.1 Å². The number of rotatable bonds is 7. The summed E-state index contributed by atoms with van der Waals surface area (Å²) in [7, 11) is 0. The Kier molecular flexibility index (Phi) is 19.3. The maximum atomic E-state index is 10.3. The normalized spacial score (nSPS) is 11.8. The lowest BCUT2D eigenvalue weighted by atomic mass is 10.1. The topological polar surface area (TPSA) is 280 Å². The molecule has 0 bridgehead atoms. The van der Waals surface area contributed by atoms with Crippen LogP contribution >= 0.6 is 47.8 Å². The van der Waals surface area contributed by atoms with Gasteiger partial charge in [0.2, 0.25) is 23.6 Å². The molecular weight excluding hydrogens is 1610 g/mol. The van der Waals surface area contributed by atoms with Gasteiger partial charge in [-0.2, -0.15) is 0 Å². The number of phenols is 2. The number of phenolic OH excluding ortho intramolecular Hbond substituents is 2. The first-order chi connectivity index (χ1) is 54.6. The molecule has 7 heterocycles. The first kappa shape index (κ1) is 70.8. The van der Waals surface area contributed by atoms with Crippen molar-refractivity contribution in [3.8, 4) is 91.8 Å². The molecule has 0 spiro atoms. The van der Waals surface area contributed by atoms with Gasteiger partial charge in [0.1, 0.15) is 33.6 Å². The summed E-state index contributed by atoms with van der Waals surface area (Å²) in [6.07, 6.45) is 0. The van der Waals surface area contributed by atoms with Gasteiger partial charge in [-0.05, 0) is 194 Å². The van der Waals surface area contributed by atoms with E-state index in [1.807, 2.05) is 218 Å². The van der Waals surface area contributed by atoms with Gasteiger partial charge in [0, 0.05) is 83.4 Å². The number of carboxylic acids is 1. The summed E-state index contributed by atoms with van der Waals surface area (Å²) < 4.78 is 45.4. The molecule has 3 aliphatic rings. The number of carbonyl (C=O) groups is 1. The average Bonchev–Trinajstić information content (AvgIpc) is 0.976. The molecule has 18 aromatic rings. The Labute approximate surface area is 663 Å². The SMILES string of the molecule is Brc1ccc(-c2nc3cc4oc(-c5ccc(Br)cc5)nc4cc3o2)cc1.Nc1cc(O)c(N)cc1O.O=C(O)c1ccc(Br)cc1.c1ccc2c(c1)Nc1ccccc1O2.c1ccc2c(c1)Oc1ccccc1N2c1ccc(-c2nc3cc4oc(-c5ccc(N6c7ccccc7Oc7ccccc76)cc5)nc4cc3o2)cc1. The maximum absolute atomic E-state index is 10.3. The molecule has 21 rings (SSSR count). The highest BCUT2D eigenvalue weighted by Crippen LogP contribution is 2.52. The van der Waals surface area contributed by atoms with Gasteiger partial charge in [0.25, 0.3) is 0 Å². The third kappa shape index (κ3) is 14.7. The Bertz CT molecular complexity index is 5940. The van der Waals surface area contributed by atoms with E-state index >= 15 is 0 Å². The third-order valence-corrected chi connectivity index (χ3v) is 19.7. The minimum Gasteiger partial charge on any atom is -0.506 e. The zero-order valence-corrected chi connectivity index (χ0v) is 63.2. The first-order valence-electron chi connectivity index (χ1n) is 34.8. The lowest BCUT2D eigenvalue weighted by Gasteiger charge is -2.32. The van der Waals surface area contributed by atoms with Crippen LogP contribution in [0.2, 0.25) is 0 Å². The number of hydrogen-bond donors (Lipinski definition) is 6. The van der Waals surface area contributed by atoms with E-state index in [2.05, 4.69) is 121 Å². The monoisotopic (exact) mass is 1670 g/mol. The standard InChI is InChI=1S/C44H26N4O4.C20H10Br2N2O2.C12H9NO.C7H5BrO2.C6H8N2O2/c1-5-13-37-33(9-1)47(34-10-2-6-14-38(34)49-37)29-21-17-27(18-22-29)43-45-31-25-42-32(26-41(31)51-43)46-44(52-42)28-19-23-30(24-20-28)48-35-11-3-7-15-39(35)50-40-16-8-4-12-36(40)48;21-13-5-1-11(2-6-13)19-23-15-9-18-16(10-17(15)25-19)24-20(26-18)12-3-7-14(22)8-4-12;1-3-7-11-9(5-1)13-10-6-2-4-8-12(10)14-11;8-6-3-1-5(2-4-6)7(9)10;7-3-1-5(9)4(8)2-6(3)10/h1-26H;1-10H;1-8,13H;1-4H,(H,9,10);1-2,9-10H,7-8H2. The van der Waals surface area contributed by atoms with Crippen molar-refractivity contribution in [1.82, 2.24) is 19.9 Å². The number of ether oxygens (including phenoxy) is 3. The van der Waals surface area contributed by atoms with Gasteiger partial charge in [0.15, 0.2) is 56.8 Å². The molecule has 546 valence electrons. The Morgan fingerprint density at radius 3 is 0.893 bits per heavy atom. The Morgan fingerprint density at radius 1 is 0.330 bits per heavy atom. The highest BCUT2D eigenvalue weighted by Gasteiger charge is 2.28. The van der Waals surface area contributed by atoms with E-state index in [4.69, 9.17) is 68.6 Å². The van der Waals surface area contributed by atoms with Crippen LogP contribution in [0, 0.1) is 0 Å². The molecule has 3 aliphatic heterocycles. The number of halogens is 3. The number of nitrogen functional groups attached to an aromatic ring is 2. The summed E-state index contributed by atoms with van der Waals surface area (Å²) in [5, 5.41) is 29.6. The smallest absolute Gasteiger partial charge is 0.335 e. The van der Waals surface area contributed by atoms with Crippen molar-refractivity contribution in [3.63, 3.8) is 0 Å². The van der Waals surface area contributed by atoms with Crippen LogP contribution in [-0.4, -0.2) is 41.2 Å². The van der Waals surface area contributed by atoms with E-state index < -0.39 is 5.97 Å². The average molecular weight is 1670 g/mol. The fourth-order valence-electron chi connectivity index (χ4n) is 12.6. The molecule has 0 saturated heterocycles. The number of aromatic nitrogens is 4. The van der Waals surface area contributed by atoms with Crippen LogP contribution in [0.5, 0.6) is 46.0 Å². The predicted molar refractivity (Wildman–Crippen MR) is 446 cm³/mol. The number of carboxylic acid groups (broad SMARTS) is 1. The molecule has 20 nitrogen and oxygen atoms in total. The lowest BCUT2D eigenvalue weighted by Crippen LogP contribution is -2.15. The zero-order valence-electron chi connectivity index (χ0n) is 58.4. The number of benzene rings is 14. The molecular formula is C89H58Br3N9O11. The van der Waals surface area contributed by atoms with Crippen molar-refractivity contribution in [2.24, 2.45) is 0 Å². The number of oxazole rings is 4. The molecule has 0 unspecified atom stereocenters. The van der Waals surface area contributed by atoms with Crippen LogP contribution in [0.15, 0.2) is 334 Å². The number of nitrogens with two attached hydrogens (primary N) is 2. The molecule has 0 radical (unpaired) electrons. The number of anilines is 10. The second-order valence-corrected chi connectivity index (χ2v) is 28.3. The van der Waals surface area contributed by atoms with Crippen molar-refractivity contribution in [2.45, 2.75) is 0 Å². The Hall–Kier alpha value is -14.1. The zero-order chi connectivity index (χ0) is 76.5. The van der Waals surface area contributed by atoms with E-state index in [-0.39, 0.29) is 22.9 Å². The lowest BCUT2D eigenvalue weighted by molar-refractivity contribution is 0.0696. The molecule has 0 aliphatic carbocycles. The van der Waals surface area contributed by atoms with Crippen LogP contribution in [0.4, 0.5) is 56.9 Å². The number of aromatic carboxylic acids is 1. The molecule has 0 amide bonds. The first-order valence-corrected chi connectivity index (χ1v) is 37.2. The summed E-state index contributed by atoms with van der Waals surface area (Å²) in [6.45, 7) is 0. The summed E-state index contributed by atoms with van der Waals surface area (Å²) in [4.78, 5) is 33.5. The van der Waals surface area contributed by atoms with Gasteiger partial charge < -0.3 is 73.8 Å². The minimum absolute atomic E-state index is 0.115. The van der Waals surface area contributed by atoms with Crippen molar-refractivity contribution in [1.29, 1.82) is 0 Å². The molecule has 0 fully saturated rings. The number of hydrogen-bond acceptors (Lipinski definition) is 19. The predicted octanol–water partition coefficient (Wildman–Crippen LogP) is 25.2. The van der Waals surface area contributed by atoms with E-state index in [0.29, 0.717) is 62.5 Å². The molecule has 112 heavy (non-hydrogen) atoms. The molecule has 8 N–H and O–H groups in total. The van der Waals surface area contributed by atoms with Crippen LogP contribution in [0.1, 0.15) is 10.4 Å². The molecule has 14 aromatic carbocycles. The number of para-hydroxylation sites is 12. The fourth-order valence-corrected chi connectivity index (χ4v) is 13.4. The highest BCUT2D eigenvalue weighted by molar-refractivity contribution is 9.11. The Morgan fingerprint density at radius 2 is 0.589 bits per heavy atom. The second-order valence-electron chi connectivity index (χ2n) is 25.5. The molecule has 4 aromatic heterocycles. The van der Waals surface area contributed by atoms with Crippen molar-refractivity contribution in [3.05, 3.63) is 322 Å². The van der Waals surface area contributed by atoms with Crippen LogP contribution < -0.4 is 40.8 Å². The molecule has 0 atom stereocenters. The van der Waals surface area contributed by atoms with Gasteiger partial charge in [-0.25, -0.2) is 24.7 Å². The summed E-state index contributed by atoms with van der Waals surface area (Å²) >= 11 is 10.1. The number of nitrogens with one attached hydrogen (secondary N) is 1. The largest absolute Gasteiger partial charge is 0.506 e. The molecule has 23 heteroatoms. The van der Waals surface area contributed by atoms with Crippen molar-refractivity contribution >= 4 is 155 Å². The second kappa shape index (κ2) is 30.5. The minimum atomic E-state index is -0.896. The maximum Gasteiger partial charge on any atom is 0.335 e. The van der Waals surface area contributed by atoms with E-state index in [1.54, 1.807) is 24.3 Å². The van der Waals surface area contributed by atoms with Crippen LogP contribution in [-0.2, 0) is 0 Å². The van der Waals surface area contributed by atoms with Gasteiger partial charge in [-0.15, -0.1) is 0 Å². The van der Waals surface area contributed by atoms with Crippen molar-refractivity contribution in [2.75, 3.05) is 26.6 Å². The number of aromatic hydroxyl groups is 2. The van der Waals surface area contributed by atoms with Gasteiger partial charge >= 0.3 is 5.97 Å². The highest BCUT2D eigenvalue weighted by atomic mass is 79.9. The summed E-state index contributed by atoms with van der Waals surface area (Å²) in [5.74, 6) is 6.09. The summed E-state index contributed by atoms with van der Waals surface area (Å²) in [5.41, 5.74) is 28.1. The summed E-state index contributed by atoms with van der Waals surface area (Å²) in [6, 6.07) is 96.5. The van der Waals surface area contributed by atoms with Crippen LogP contribution in [0.3, 0.4) is 0 Å². The quantitative estimate of drug-likeness (QED) is 0.0491. The van der Waals surface area contributed by atoms with E-state index in [0.717, 1.165) is 127 Å². The molecule has 0 saturated carbocycles. The van der Waals surface area contributed by atoms with Gasteiger partial charge in [-0.1, -0.05) is 121 Å². The number of fused-ring (bicyclic) bond motifs is 10. The Balaban J connectivity index is 0.000000124. The van der Waals surface area contributed by atoms with E-state index in [1.165, 1.54) is 12.1 Å².